The fourth-order valence-corrected chi connectivity index (χ4v) is 3.31. The number of methoxy groups -OCH3 is 2. The number of nitrogens with zero attached hydrogens (tertiary/aromatic N) is 2. The lowest BCUT2D eigenvalue weighted by Gasteiger charge is -2.15. The Morgan fingerprint density at radius 2 is 1.72 bits per heavy atom. The van der Waals surface area contributed by atoms with E-state index in [1.807, 2.05) is 12.1 Å². The Kier molecular flexibility index (Phi) is 5.03. The molecule has 2 aliphatic heterocycles. The Morgan fingerprint density at radius 1 is 1.03 bits per heavy atom. The molecule has 0 bridgehead atoms. The summed E-state index contributed by atoms with van der Waals surface area (Å²) in [5, 5.41) is 0. The van der Waals surface area contributed by atoms with E-state index in [4.69, 9.17) is 14.2 Å². The molecule has 2 aromatic carbocycles. The van der Waals surface area contributed by atoms with Gasteiger partial charge in [-0.25, -0.2) is 9.79 Å². The van der Waals surface area contributed by atoms with Crippen molar-refractivity contribution < 1.29 is 23.8 Å². The van der Waals surface area contributed by atoms with Crippen molar-refractivity contribution in [2.45, 2.75) is 12.8 Å². The van der Waals surface area contributed by atoms with Crippen LogP contribution in [-0.2, 0) is 14.3 Å². The number of hydrogen-bond acceptors (Lipinski definition) is 6. The number of carbonyl (C=O) groups is 2. The minimum absolute atomic E-state index is 0.126. The average Bonchev–Trinajstić information content (AvgIpc) is 3.33. The van der Waals surface area contributed by atoms with E-state index in [1.54, 1.807) is 55.5 Å². The highest BCUT2D eigenvalue weighted by molar-refractivity contribution is 6.13. The van der Waals surface area contributed by atoms with Gasteiger partial charge in [0.25, 0.3) is 0 Å². The maximum Gasteiger partial charge on any atom is 0.363 e. The molecule has 2 aliphatic rings. The van der Waals surface area contributed by atoms with Crippen molar-refractivity contribution in [3.63, 3.8) is 0 Å². The molecule has 0 N–H and O–H groups in total. The number of cyclic esters (lactones) is 1. The van der Waals surface area contributed by atoms with Gasteiger partial charge in [-0.15, -0.1) is 0 Å². The van der Waals surface area contributed by atoms with Gasteiger partial charge in [0.1, 0.15) is 11.5 Å². The first-order valence-electron chi connectivity index (χ1n) is 9.24. The average molecular weight is 392 g/mol. The van der Waals surface area contributed by atoms with Crippen LogP contribution in [-0.4, -0.2) is 38.5 Å². The topological polar surface area (TPSA) is 77.4 Å². The largest absolute Gasteiger partial charge is 0.497 e. The van der Waals surface area contributed by atoms with Crippen LogP contribution in [0.1, 0.15) is 24.0 Å². The van der Waals surface area contributed by atoms with Crippen LogP contribution >= 0.6 is 0 Å². The Hall–Kier alpha value is -3.61. The van der Waals surface area contributed by atoms with Crippen molar-refractivity contribution in [3.8, 4) is 11.5 Å². The van der Waals surface area contributed by atoms with E-state index in [0.717, 1.165) is 18.7 Å². The van der Waals surface area contributed by atoms with Gasteiger partial charge in [-0.2, -0.15) is 0 Å². The number of anilines is 1. The molecule has 0 saturated carbocycles. The van der Waals surface area contributed by atoms with Gasteiger partial charge in [0.2, 0.25) is 11.8 Å². The van der Waals surface area contributed by atoms with Crippen LogP contribution in [0, 0.1) is 0 Å². The van der Waals surface area contributed by atoms with Crippen molar-refractivity contribution in [3.05, 3.63) is 59.3 Å². The highest BCUT2D eigenvalue weighted by Gasteiger charge is 2.25. The summed E-state index contributed by atoms with van der Waals surface area (Å²) in [5.74, 6) is 1.05. The molecule has 1 fully saturated rings. The first-order valence-corrected chi connectivity index (χ1v) is 9.24. The third-order valence-corrected chi connectivity index (χ3v) is 4.80. The number of ether oxygens (including phenoxy) is 3. The van der Waals surface area contributed by atoms with Crippen LogP contribution in [0.15, 0.2) is 53.2 Å². The van der Waals surface area contributed by atoms with Crippen molar-refractivity contribution in [2.24, 2.45) is 4.99 Å². The molecule has 7 heteroatoms. The van der Waals surface area contributed by atoms with Crippen molar-refractivity contribution in [1.29, 1.82) is 0 Å². The Morgan fingerprint density at radius 3 is 2.31 bits per heavy atom. The third kappa shape index (κ3) is 3.85. The van der Waals surface area contributed by atoms with Gasteiger partial charge in [-0.3, -0.25) is 4.79 Å². The smallest absolute Gasteiger partial charge is 0.363 e. The summed E-state index contributed by atoms with van der Waals surface area (Å²) in [7, 11) is 3.12. The Labute approximate surface area is 168 Å². The molecule has 29 heavy (non-hydrogen) atoms. The zero-order chi connectivity index (χ0) is 20.4. The summed E-state index contributed by atoms with van der Waals surface area (Å²) in [6.45, 7) is 0.727. The number of hydrogen-bond donors (Lipinski definition) is 0. The van der Waals surface area contributed by atoms with Gasteiger partial charge in [-0.05, 0) is 54.5 Å². The second-order valence-electron chi connectivity index (χ2n) is 6.68. The molecule has 0 spiro atoms. The molecule has 4 rings (SSSR count). The second-order valence-corrected chi connectivity index (χ2v) is 6.68. The molecule has 2 heterocycles. The maximum atomic E-state index is 12.3. The monoisotopic (exact) mass is 392 g/mol. The molecule has 148 valence electrons. The lowest BCUT2D eigenvalue weighted by atomic mass is 10.1. The molecular formula is C22H20N2O5. The van der Waals surface area contributed by atoms with Crippen molar-refractivity contribution in [1.82, 2.24) is 0 Å². The highest BCUT2D eigenvalue weighted by atomic mass is 16.6. The number of amides is 1. The molecule has 0 unspecified atom stereocenters. The van der Waals surface area contributed by atoms with Gasteiger partial charge < -0.3 is 19.1 Å². The zero-order valence-electron chi connectivity index (χ0n) is 16.2. The molecule has 0 radical (unpaired) electrons. The Bertz CT molecular complexity index is 1000. The van der Waals surface area contributed by atoms with Crippen LogP contribution in [0.5, 0.6) is 11.5 Å². The number of esters is 1. The highest BCUT2D eigenvalue weighted by Crippen LogP contribution is 2.27. The summed E-state index contributed by atoms with van der Waals surface area (Å²) in [4.78, 5) is 30.2. The standard InChI is InChI=1S/C22H20N2O5/c1-27-17-10-14(11-18(13-17)28-2)12-19-22(26)29-21(23-19)15-5-7-16(8-6-15)24-9-3-4-20(24)25/h5-8,10-13H,3-4,9H2,1-2H3/b19-12-. The number of benzene rings is 2. The molecular weight excluding hydrogens is 372 g/mol. The fraction of sp³-hybridized carbons (Fsp3) is 0.227. The third-order valence-electron chi connectivity index (χ3n) is 4.80. The number of aliphatic imine (C=N–C) groups is 1. The van der Waals surface area contributed by atoms with Crippen LogP contribution in [0.2, 0.25) is 0 Å². The van der Waals surface area contributed by atoms with Gasteiger partial charge >= 0.3 is 5.97 Å². The van der Waals surface area contributed by atoms with Crippen molar-refractivity contribution in [2.75, 3.05) is 25.7 Å². The molecule has 2 aromatic rings. The molecule has 1 amide bonds. The molecule has 1 saturated heterocycles. The normalized spacial score (nSPS) is 17.5. The Balaban J connectivity index is 1.59. The summed E-state index contributed by atoms with van der Waals surface area (Å²) in [6, 6.07) is 12.6. The molecule has 0 aliphatic carbocycles. The van der Waals surface area contributed by atoms with E-state index in [9.17, 15) is 9.59 Å². The number of rotatable bonds is 5. The maximum absolute atomic E-state index is 12.3. The van der Waals surface area contributed by atoms with E-state index < -0.39 is 5.97 Å². The van der Waals surface area contributed by atoms with Gasteiger partial charge in [-0.1, -0.05) is 0 Å². The first kappa shape index (κ1) is 18.7. The van der Waals surface area contributed by atoms with Crippen LogP contribution in [0.3, 0.4) is 0 Å². The second kappa shape index (κ2) is 7.79. The van der Waals surface area contributed by atoms with Gasteiger partial charge in [0.05, 0.1) is 14.2 Å². The minimum Gasteiger partial charge on any atom is -0.497 e. The predicted octanol–water partition coefficient (Wildman–Crippen LogP) is 3.18. The summed E-state index contributed by atoms with van der Waals surface area (Å²) in [6.07, 6.45) is 3.07. The summed E-state index contributed by atoms with van der Waals surface area (Å²) < 4.78 is 15.8. The van der Waals surface area contributed by atoms with Crippen LogP contribution in [0.25, 0.3) is 6.08 Å². The molecule has 0 atom stereocenters. The van der Waals surface area contributed by atoms with E-state index in [2.05, 4.69) is 4.99 Å². The first-order chi connectivity index (χ1) is 14.1. The fourth-order valence-electron chi connectivity index (χ4n) is 3.31. The van der Waals surface area contributed by atoms with Gasteiger partial charge in [0, 0.05) is 30.3 Å². The SMILES string of the molecule is COc1cc(/C=C2\N=C(c3ccc(N4CCCC4=O)cc3)OC2=O)cc(OC)c1. The zero-order valence-corrected chi connectivity index (χ0v) is 16.2. The minimum atomic E-state index is -0.527. The lowest BCUT2D eigenvalue weighted by molar-refractivity contribution is -0.130. The van der Waals surface area contributed by atoms with Crippen molar-refractivity contribution >= 4 is 29.5 Å². The van der Waals surface area contributed by atoms with Crippen LogP contribution in [0.4, 0.5) is 5.69 Å². The van der Waals surface area contributed by atoms with Gasteiger partial charge in [0.15, 0.2) is 5.70 Å². The van der Waals surface area contributed by atoms with E-state index in [0.29, 0.717) is 29.0 Å². The molecule has 0 aromatic heterocycles. The molecule has 7 nitrogen and oxygen atoms in total. The van der Waals surface area contributed by atoms with Crippen LogP contribution < -0.4 is 14.4 Å². The van der Waals surface area contributed by atoms with E-state index >= 15 is 0 Å². The summed E-state index contributed by atoms with van der Waals surface area (Å²) in [5.41, 5.74) is 2.40. The van der Waals surface area contributed by atoms with E-state index in [-0.39, 0.29) is 17.5 Å². The quantitative estimate of drug-likeness (QED) is 0.577. The number of carbonyl (C=O) groups excluding carboxylic acids is 2. The lowest BCUT2D eigenvalue weighted by Crippen LogP contribution is -2.23. The van der Waals surface area contributed by atoms with E-state index in [1.165, 1.54) is 0 Å². The summed E-state index contributed by atoms with van der Waals surface area (Å²) >= 11 is 0. The predicted molar refractivity (Wildman–Crippen MR) is 108 cm³/mol.